The number of aryl methyl sites for hydroxylation is 1. The third-order valence-electron chi connectivity index (χ3n) is 3.68. The van der Waals surface area contributed by atoms with Gasteiger partial charge in [-0.2, -0.15) is 5.10 Å². The van der Waals surface area contributed by atoms with Gasteiger partial charge in [0, 0.05) is 11.1 Å². The molecule has 0 aliphatic rings. The molecule has 1 heterocycles. The maximum Gasteiger partial charge on any atom is 0.359 e. The van der Waals surface area contributed by atoms with Crippen LogP contribution < -0.4 is 10.9 Å². The highest BCUT2D eigenvalue weighted by Gasteiger charge is 2.17. The molecule has 0 aliphatic heterocycles. The minimum absolute atomic E-state index is 0.102. The average Bonchev–Trinajstić information content (AvgIpc) is 2.63. The molecule has 0 spiro atoms. The Morgan fingerprint density at radius 3 is 2.65 bits per heavy atom. The number of rotatable bonds is 4. The summed E-state index contributed by atoms with van der Waals surface area (Å²) < 4.78 is 18.4. The summed E-state index contributed by atoms with van der Waals surface area (Å²) in [6.07, 6.45) is 0. The molecule has 0 saturated carbocycles. The molecule has 1 amide bonds. The predicted octanol–water partition coefficient (Wildman–Crippen LogP) is 2.17. The Balaban J connectivity index is 1.69. The number of ether oxygens (including phenoxy) is 1. The lowest BCUT2D eigenvalue weighted by atomic mass is 10.1. The van der Waals surface area contributed by atoms with Crippen LogP contribution in [0.15, 0.2) is 47.3 Å². The Hall–Kier alpha value is -3.55. The van der Waals surface area contributed by atoms with E-state index in [1.807, 2.05) is 0 Å². The molecule has 3 rings (SSSR count). The fourth-order valence-electron chi connectivity index (χ4n) is 2.34. The van der Waals surface area contributed by atoms with Gasteiger partial charge in [-0.3, -0.25) is 9.59 Å². The number of hydrogen-bond acceptors (Lipinski definition) is 5. The molecule has 0 atom stereocenters. The summed E-state index contributed by atoms with van der Waals surface area (Å²) in [6.45, 7) is 1.02. The van der Waals surface area contributed by atoms with Crippen LogP contribution in [0.2, 0.25) is 0 Å². The Kier molecular flexibility index (Phi) is 4.74. The van der Waals surface area contributed by atoms with Gasteiger partial charge in [-0.1, -0.05) is 24.3 Å². The molecule has 2 N–H and O–H groups in total. The number of hydrogen-bond donors (Lipinski definition) is 2. The zero-order valence-electron chi connectivity index (χ0n) is 13.7. The number of aromatic nitrogens is 2. The Labute approximate surface area is 146 Å². The number of fused-ring (bicyclic) bond motifs is 1. The Morgan fingerprint density at radius 2 is 1.92 bits per heavy atom. The van der Waals surface area contributed by atoms with Crippen LogP contribution in [0.3, 0.4) is 0 Å². The molecule has 26 heavy (non-hydrogen) atoms. The van der Waals surface area contributed by atoms with Crippen molar-refractivity contribution in [3.05, 3.63) is 69.9 Å². The van der Waals surface area contributed by atoms with Gasteiger partial charge >= 0.3 is 5.97 Å². The molecule has 8 heteroatoms. The van der Waals surface area contributed by atoms with Crippen molar-refractivity contribution in [2.24, 2.45) is 0 Å². The second kappa shape index (κ2) is 7.14. The predicted molar refractivity (Wildman–Crippen MR) is 92.4 cm³/mol. The first-order chi connectivity index (χ1) is 12.5. The maximum absolute atomic E-state index is 13.5. The number of amides is 1. The van der Waals surface area contributed by atoms with E-state index in [0.717, 1.165) is 0 Å². The highest BCUT2D eigenvalue weighted by molar-refractivity contribution is 6.03. The highest BCUT2D eigenvalue weighted by Crippen LogP contribution is 2.15. The smallest absolute Gasteiger partial charge is 0.359 e. The molecule has 7 nitrogen and oxygen atoms in total. The SMILES string of the molecule is Cc1ccc(NC(=O)COC(=O)c2n[nH]c(=O)c3ccccc23)cc1F. The van der Waals surface area contributed by atoms with Crippen molar-refractivity contribution in [2.45, 2.75) is 6.92 Å². The number of nitrogens with one attached hydrogen (secondary N) is 2. The zero-order chi connectivity index (χ0) is 18.7. The van der Waals surface area contributed by atoms with E-state index >= 15 is 0 Å². The third-order valence-corrected chi connectivity index (χ3v) is 3.68. The quantitative estimate of drug-likeness (QED) is 0.699. The van der Waals surface area contributed by atoms with Gasteiger partial charge < -0.3 is 10.1 Å². The van der Waals surface area contributed by atoms with Crippen molar-refractivity contribution in [1.82, 2.24) is 10.2 Å². The number of halogens is 1. The molecule has 0 saturated heterocycles. The molecule has 0 radical (unpaired) electrons. The number of H-pyrrole nitrogens is 1. The van der Waals surface area contributed by atoms with Crippen molar-refractivity contribution in [3.63, 3.8) is 0 Å². The molecular formula is C18H14FN3O4. The second-order valence-electron chi connectivity index (χ2n) is 5.54. The minimum Gasteiger partial charge on any atom is -0.451 e. The van der Waals surface area contributed by atoms with Gasteiger partial charge in [0.2, 0.25) is 0 Å². The summed E-state index contributed by atoms with van der Waals surface area (Å²) in [6, 6.07) is 10.6. The maximum atomic E-state index is 13.5. The van der Waals surface area contributed by atoms with Crippen LogP contribution in [0.1, 0.15) is 16.1 Å². The van der Waals surface area contributed by atoms with Crippen LogP contribution in [0.4, 0.5) is 10.1 Å². The topological polar surface area (TPSA) is 101 Å². The van der Waals surface area contributed by atoms with Crippen LogP contribution in [-0.4, -0.2) is 28.7 Å². The van der Waals surface area contributed by atoms with Crippen molar-refractivity contribution in [2.75, 3.05) is 11.9 Å². The molecule has 3 aromatic rings. The van der Waals surface area contributed by atoms with Crippen molar-refractivity contribution in [1.29, 1.82) is 0 Å². The largest absolute Gasteiger partial charge is 0.451 e. The van der Waals surface area contributed by atoms with E-state index < -0.39 is 29.9 Å². The van der Waals surface area contributed by atoms with Gasteiger partial charge in [-0.05, 0) is 30.7 Å². The lowest BCUT2D eigenvalue weighted by Crippen LogP contribution is -2.22. The number of anilines is 1. The number of aromatic amines is 1. The molecule has 0 aliphatic carbocycles. The zero-order valence-corrected chi connectivity index (χ0v) is 13.7. The van der Waals surface area contributed by atoms with E-state index in [-0.39, 0.29) is 16.8 Å². The van der Waals surface area contributed by atoms with Gasteiger partial charge in [0.15, 0.2) is 12.3 Å². The summed E-state index contributed by atoms with van der Waals surface area (Å²) in [7, 11) is 0. The lowest BCUT2D eigenvalue weighted by Gasteiger charge is -2.08. The van der Waals surface area contributed by atoms with E-state index in [0.29, 0.717) is 10.9 Å². The molecule has 132 valence electrons. The van der Waals surface area contributed by atoms with Crippen LogP contribution >= 0.6 is 0 Å². The number of carbonyl (C=O) groups excluding carboxylic acids is 2. The van der Waals surface area contributed by atoms with E-state index in [1.54, 1.807) is 31.2 Å². The van der Waals surface area contributed by atoms with E-state index in [4.69, 9.17) is 4.74 Å². The molecule has 1 aromatic heterocycles. The molecule has 0 unspecified atom stereocenters. The number of nitrogens with zero attached hydrogens (tertiary/aromatic N) is 1. The number of benzene rings is 2. The fourth-order valence-corrected chi connectivity index (χ4v) is 2.34. The van der Waals surface area contributed by atoms with Crippen molar-refractivity contribution in [3.8, 4) is 0 Å². The summed E-state index contributed by atoms with van der Waals surface area (Å²) in [5, 5.41) is 8.95. The van der Waals surface area contributed by atoms with Crippen molar-refractivity contribution >= 4 is 28.3 Å². The first kappa shape index (κ1) is 17.3. The van der Waals surface area contributed by atoms with E-state index in [9.17, 15) is 18.8 Å². The first-order valence-electron chi connectivity index (χ1n) is 7.66. The number of esters is 1. The van der Waals surface area contributed by atoms with Crippen LogP contribution in [-0.2, 0) is 9.53 Å². The third kappa shape index (κ3) is 3.59. The number of carbonyl (C=O) groups is 2. The second-order valence-corrected chi connectivity index (χ2v) is 5.54. The summed E-state index contributed by atoms with van der Waals surface area (Å²) in [5.74, 6) is -1.94. The van der Waals surface area contributed by atoms with Crippen LogP contribution in [0.5, 0.6) is 0 Å². The van der Waals surface area contributed by atoms with Gasteiger partial charge in [0.25, 0.3) is 11.5 Å². The standard InChI is InChI=1S/C18H14FN3O4/c1-10-6-7-11(8-14(10)19)20-15(23)9-26-18(25)16-12-4-2-3-5-13(12)17(24)22-21-16/h2-8H,9H2,1H3,(H,20,23)(H,22,24). The van der Waals surface area contributed by atoms with Gasteiger partial charge in [0.1, 0.15) is 5.82 Å². The average molecular weight is 355 g/mol. The lowest BCUT2D eigenvalue weighted by molar-refractivity contribution is -0.119. The summed E-state index contributed by atoms with van der Waals surface area (Å²) in [4.78, 5) is 35.8. The molecule has 0 bridgehead atoms. The van der Waals surface area contributed by atoms with Crippen LogP contribution in [0.25, 0.3) is 10.8 Å². The Bertz CT molecular complexity index is 1060. The molecule has 0 fully saturated rings. The van der Waals surface area contributed by atoms with Gasteiger partial charge in [-0.25, -0.2) is 14.3 Å². The van der Waals surface area contributed by atoms with E-state index in [1.165, 1.54) is 18.2 Å². The highest BCUT2D eigenvalue weighted by atomic mass is 19.1. The summed E-state index contributed by atoms with van der Waals surface area (Å²) in [5.41, 5.74) is 0.165. The van der Waals surface area contributed by atoms with E-state index in [2.05, 4.69) is 15.5 Å². The molecule has 2 aromatic carbocycles. The minimum atomic E-state index is -0.859. The monoisotopic (exact) mass is 355 g/mol. The molecular weight excluding hydrogens is 341 g/mol. The van der Waals surface area contributed by atoms with Crippen molar-refractivity contribution < 1.29 is 18.7 Å². The Morgan fingerprint density at radius 1 is 1.19 bits per heavy atom. The first-order valence-corrected chi connectivity index (χ1v) is 7.66. The van der Waals surface area contributed by atoms with Crippen LogP contribution in [0, 0.1) is 12.7 Å². The van der Waals surface area contributed by atoms with Gasteiger partial charge in [-0.15, -0.1) is 0 Å². The fraction of sp³-hybridized carbons (Fsp3) is 0.111. The summed E-state index contributed by atoms with van der Waals surface area (Å²) >= 11 is 0. The normalized spacial score (nSPS) is 10.5. The van der Waals surface area contributed by atoms with Gasteiger partial charge in [0.05, 0.1) is 5.39 Å².